The third-order valence-electron chi connectivity index (χ3n) is 7.90. The van der Waals surface area contributed by atoms with Crippen LogP contribution in [-0.2, 0) is 4.79 Å². The predicted octanol–water partition coefficient (Wildman–Crippen LogP) is 4.56. The maximum absolute atomic E-state index is 16.0. The Morgan fingerprint density at radius 3 is 2.36 bits per heavy atom. The van der Waals surface area contributed by atoms with Gasteiger partial charge < -0.3 is 20.6 Å². The second-order valence-corrected chi connectivity index (χ2v) is 11.6. The number of benzene rings is 1. The Hall–Kier alpha value is -4.61. The highest BCUT2D eigenvalue weighted by Crippen LogP contribution is 2.36. The minimum absolute atomic E-state index is 0.0381. The molecule has 0 saturated carbocycles. The van der Waals surface area contributed by atoms with Crippen LogP contribution in [0.3, 0.4) is 0 Å². The molecular formula is C32H39F2N7O3. The Kier molecular flexibility index (Phi) is 9.22. The van der Waals surface area contributed by atoms with Gasteiger partial charge in [0.25, 0.3) is 0 Å². The molecule has 0 unspecified atom stereocenters. The number of nitrogens with zero attached hydrogens (tertiary/aromatic N) is 6. The van der Waals surface area contributed by atoms with Crippen LogP contribution >= 0.6 is 0 Å². The summed E-state index contributed by atoms with van der Waals surface area (Å²) in [5.74, 6) is -2.81. The molecule has 3 heterocycles. The lowest BCUT2D eigenvalue weighted by atomic mass is 9.98. The minimum Gasteiger partial charge on any atom is -0.507 e. The Balaban J connectivity index is 2.14. The normalized spacial score (nSPS) is 18.3. The van der Waals surface area contributed by atoms with Crippen molar-refractivity contribution >= 4 is 34.2 Å². The van der Waals surface area contributed by atoms with E-state index in [4.69, 9.17) is 5.73 Å². The summed E-state index contributed by atoms with van der Waals surface area (Å²) < 4.78 is 32.2. The summed E-state index contributed by atoms with van der Waals surface area (Å²) in [6.45, 7) is 15.4. The monoisotopic (exact) mass is 607 g/mol. The fraction of sp³-hybridized carbons (Fsp3) is 0.406. The van der Waals surface area contributed by atoms with Gasteiger partial charge in [0.1, 0.15) is 23.1 Å². The van der Waals surface area contributed by atoms with E-state index in [1.165, 1.54) is 22.8 Å². The van der Waals surface area contributed by atoms with Crippen molar-refractivity contribution in [1.82, 2.24) is 19.4 Å². The van der Waals surface area contributed by atoms with E-state index < -0.39 is 34.3 Å². The number of anilines is 1. The third-order valence-corrected chi connectivity index (χ3v) is 7.90. The Bertz CT molecular complexity index is 1730. The first kappa shape index (κ1) is 32.3. The zero-order valence-corrected chi connectivity index (χ0v) is 26.1. The fourth-order valence-electron chi connectivity index (χ4n) is 5.60. The van der Waals surface area contributed by atoms with Crippen molar-refractivity contribution in [2.24, 2.45) is 22.6 Å². The number of fused-ring (bicyclic) bond motifs is 1. The number of hydrogen-bond acceptors (Lipinski definition) is 8. The Morgan fingerprint density at radius 2 is 1.80 bits per heavy atom. The van der Waals surface area contributed by atoms with Gasteiger partial charge in [-0.3, -0.25) is 9.79 Å². The third kappa shape index (κ3) is 5.68. The molecule has 12 heteroatoms. The number of rotatable bonds is 7. The summed E-state index contributed by atoms with van der Waals surface area (Å²) in [5.41, 5.74) is 6.00. The molecule has 3 aromatic rings. The first-order valence-corrected chi connectivity index (χ1v) is 14.5. The highest BCUT2D eigenvalue weighted by Gasteiger charge is 2.34. The lowest BCUT2D eigenvalue weighted by Crippen LogP contribution is -2.58. The van der Waals surface area contributed by atoms with Crippen LogP contribution in [0.4, 0.5) is 14.6 Å². The van der Waals surface area contributed by atoms with E-state index in [9.17, 15) is 14.7 Å². The Labute approximate surface area is 255 Å². The van der Waals surface area contributed by atoms with Crippen LogP contribution in [0.2, 0.25) is 0 Å². The molecule has 10 nitrogen and oxygen atoms in total. The van der Waals surface area contributed by atoms with E-state index in [0.29, 0.717) is 18.0 Å². The van der Waals surface area contributed by atoms with Gasteiger partial charge in [-0.1, -0.05) is 40.3 Å². The molecule has 0 radical (unpaired) electrons. The number of phenols is 1. The minimum atomic E-state index is -0.928. The SMILES string of the molecule is C=CC(=O)N1C[C@H](C)N(c2nc(=O)n(C(C(=NC)C(C)C)=C(N)C(C)C)c3nc(-c4c(O)cccc4F)c(F)cc23)C[C@H]1C. The molecule has 1 amide bonds. The molecule has 2 atom stereocenters. The number of aromatic hydroxyl groups is 1. The van der Waals surface area contributed by atoms with Gasteiger partial charge in [-0.15, -0.1) is 0 Å². The molecule has 3 N–H and O–H groups in total. The number of piperazine rings is 1. The average Bonchev–Trinajstić information content (AvgIpc) is 2.96. The second kappa shape index (κ2) is 12.6. The topological polar surface area (TPSA) is 130 Å². The summed E-state index contributed by atoms with van der Waals surface area (Å²) in [6, 6.07) is 4.14. The van der Waals surface area contributed by atoms with Gasteiger partial charge in [0.05, 0.1) is 22.4 Å². The second-order valence-electron chi connectivity index (χ2n) is 11.6. The van der Waals surface area contributed by atoms with Crippen molar-refractivity contribution < 1.29 is 18.7 Å². The number of allylic oxidation sites excluding steroid dienone is 2. The van der Waals surface area contributed by atoms with Gasteiger partial charge >= 0.3 is 5.69 Å². The van der Waals surface area contributed by atoms with Crippen LogP contribution in [0.5, 0.6) is 5.75 Å². The van der Waals surface area contributed by atoms with E-state index in [1.54, 1.807) is 11.9 Å². The molecular weight excluding hydrogens is 568 g/mol. The van der Waals surface area contributed by atoms with Gasteiger partial charge in [-0.05, 0) is 50.0 Å². The number of pyridine rings is 1. The molecule has 1 fully saturated rings. The molecule has 0 bridgehead atoms. The van der Waals surface area contributed by atoms with Crippen LogP contribution in [-0.4, -0.2) is 68.4 Å². The average molecular weight is 608 g/mol. The number of phenolic OH excluding ortho intramolecular Hbond substituents is 1. The molecule has 0 spiro atoms. The molecule has 1 aromatic carbocycles. The van der Waals surface area contributed by atoms with E-state index in [2.05, 4.69) is 21.5 Å². The molecule has 4 rings (SSSR count). The van der Waals surface area contributed by atoms with Crippen molar-refractivity contribution in [2.75, 3.05) is 25.0 Å². The van der Waals surface area contributed by atoms with Crippen molar-refractivity contribution in [3.63, 3.8) is 0 Å². The van der Waals surface area contributed by atoms with Crippen LogP contribution in [0.1, 0.15) is 41.5 Å². The van der Waals surface area contributed by atoms with E-state index in [1.807, 2.05) is 46.4 Å². The molecule has 1 saturated heterocycles. The number of aliphatic imine (C=N–C) groups is 1. The number of aromatic nitrogens is 3. The summed E-state index contributed by atoms with van der Waals surface area (Å²) >= 11 is 0. The Morgan fingerprint density at radius 1 is 1.11 bits per heavy atom. The number of halogens is 2. The first-order chi connectivity index (χ1) is 20.7. The quantitative estimate of drug-likeness (QED) is 0.297. The van der Waals surface area contributed by atoms with E-state index in [0.717, 1.165) is 12.1 Å². The molecule has 0 aliphatic carbocycles. The van der Waals surface area contributed by atoms with Crippen LogP contribution in [0.25, 0.3) is 28.0 Å². The predicted molar refractivity (Wildman–Crippen MR) is 169 cm³/mol. The van der Waals surface area contributed by atoms with Crippen molar-refractivity contribution in [2.45, 2.75) is 53.6 Å². The number of amides is 1. The fourth-order valence-corrected chi connectivity index (χ4v) is 5.60. The van der Waals surface area contributed by atoms with Crippen LogP contribution in [0, 0.1) is 23.5 Å². The summed E-state index contributed by atoms with van der Waals surface area (Å²) in [5, 5.41) is 10.7. The lowest BCUT2D eigenvalue weighted by molar-refractivity contribution is -0.128. The lowest BCUT2D eigenvalue weighted by Gasteiger charge is -2.44. The zero-order valence-electron chi connectivity index (χ0n) is 26.1. The molecule has 234 valence electrons. The maximum atomic E-state index is 16.0. The van der Waals surface area contributed by atoms with Gasteiger partial charge in [-0.25, -0.2) is 23.1 Å². The van der Waals surface area contributed by atoms with Crippen molar-refractivity contribution in [3.05, 3.63) is 64.7 Å². The number of carbonyl (C=O) groups excluding carboxylic acids is 1. The molecule has 44 heavy (non-hydrogen) atoms. The smallest absolute Gasteiger partial charge is 0.355 e. The standard InChI is InChI=1S/C32H39F2N7O3/c1-9-24(43)39-14-19(7)40(15-18(39)6)30-20-13-22(34)28(25-21(33)11-10-12-23(25)42)37-31(20)41(32(44)38-30)29(26(35)16(2)3)27(36-8)17(4)5/h9-13,16-19,42H,1,14-15,35H2,2-8H3/t18-,19+/m1/s1. The summed E-state index contributed by atoms with van der Waals surface area (Å²) in [6.07, 6.45) is 1.25. The maximum Gasteiger partial charge on any atom is 0.355 e. The van der Waals surface area contributed by atoms with E-state index >= 15 is 8.78 Å². The zero-order chi connectivity index (χ0) is 32.6. The van der Waals surface area contributed by atoms with Gasteiger partial charge in [-0.2, -0.15) is 4.98 Å². The van der Waals surface area contributed by atoms with Gasteiger partial charge in [0, 0.05) is 37.9 Å². The summed E-state index contributed by atoms with van der Waals surface area (Å²) in [4.78, 5) is 43.5. The van der Waals surface area contributed by atoms with Gasteiger partial charge in [0.2, 0.25) is 5.91 Å². The molecule has 1 aliphatic heterocycles. The number of carbonyl (C=O) groups is 1. The number of nitrogens with two attached hydrogens (primary N) is 1. The molecule has 1 aliphatic rings. The highest BCUT2D eigenvalue weighted by atomic mass is 19.1. The van der Waals surface area contributed by atoms with Crippen molar-refractivity contribution in [1.29, 1.82) is 0 Å². The molecule has 2 aromatic heterocycles. The highest BCUT2D eigenvalue weighted by molar-refractivity contribution is 6.21. The van der Waals surface area contributed by atoms with E-state index in [-0.39, 0.29) is 58.9 Å². The van der Waals surface area contributed by atoms with Crippen molar-refractivity contribution in [3.8, 4) is 17.0 Å². The van der Waals surface area contributed by atoms with Crippen LogP contribution < -0.4 is 16.3 Å². The van der Waals surface area contributed by atoms with Crippen LogP contribution in [0.15, 0.2) is 52.4 Å². The van der Waals surface area contributed by atoms with Gasteiger partial charge in [0.15, 0.2) is 11.5 Å². The summed E-state index contributed by atoms with van der Waals surface area (Å²) in [7, 11) is 1.58. The number of hydrogen-bond donors (Lipinski definition) is 2. The first-order valence-electron chi connectivity index (χ1n) is 14.5. The largest absolute Gasteiger partial charge is 0.507 e.